The van der Waals surface area contributed by atoms with Crippen LogP contribution in [-0.4, -0.2) is 26.0 Å². The maximum Gasteiger partial charge on any atom is 0.418 e. The molecule has 0 radical (unpaired) electrons. The fraction of sp³-hybridized carbons (Fsp3) is 0.500. The van der Waals surface area contributed by atoms with Crippen LogP contribution in [0.25, 0.3) is 0 Å². The third-order valence-electron chi connectivity index (χ3n) is 3.22. The number of hydrogen-bond donors (Lipinski definition) is 1. The lowest BCUT2D eigenvalue weighted by atomic mass is 10.1. The molecule has 3 nitrogen and oxygen atoms in total. The van der Waals surface area contributed by atoms with Gasteiger partial charge < -0.3 is 5.32 Å². The number of nitrogens with one attached hydrogen (secondary N) is 1. The molecule has 1 fully saturated rings. The molecule has 1 heterocycles. The summed E-state index contributed by atoms with van der Waals surface area (Å²) in [6.07, 6.45) is -3.94. The zero-order chi connectivity index (χ0) is 15.0. The largest absolute Gasteiger partial charge is 0.418 e. The van der Waals surface area contributed by atoms with E-state index in [0.717, 1.165) is 6.07 Å². The Labute approximate surface area is 120 Å². The molecule has 0 aliphatic carbocycles. The van der Waals surface area contributed by atoms with Crippen LogP contribution in [0.15, 0.2) is 18.2 Å². The molecule has 1 aliphatic heterocycles. The fourth-order valence-electron chi connectivity index (χ4n) is 2.15. The maximum atomic E-state index is 12.9. The smallest absolute Gasteiger partial charge is 0.381 e. The second-order valence-electron chi connectivity index (χ2n) is 4.73. The van der Waals surface area contributed by atoms with Crippen molar-refractivity contribution in [3.8, 4) is 0 Å². The van der Waals surface area contributed by atoms with Gasteiger partial charge in [-0.15, -0.1) is 0 Å². The third-order valence-corrected chi connectivity index (χ3v) is 5.25. The average molecular weight is 328 g/mol. The van der Waals surface area contributed by atoms with Crippen LogP contribution in [0.3, 0.4) is 0 Å². The van der Waals surface area contributed by atoms with Crippen molar-refractivity contribution in [2.75, 3.05) is 16.8 Å². The van der Waals surface area contributed by atoms with E-state index in [1.807, 2.05) is 0 Å². The van der Waals surface area contributed by atoms with E-state index >= 15 is 0 Å². The van der Waals surface area contributed by atoms with Crippen LogP contribution >= 0.6 is 11.6 Å². The minimum atomic E-state index is -4.51. The Morgan fingerprint density at radius 1 is 1.20 bits per heavy atom. The average Bonchev–Trinajstić information content (AvgIpc) is 2.32. The van der Waals surface area contributed by atoms with Gasteiger partial charge in [0.2, 0.25) is 0 Å². The molecule has 0 atom stereocenters. The van der Waals surface area contributed by atoms with E-state index in [4.69, 9.17) is 11.6 Å². The summed E-state index contributed by atoms with van der Waals surface area (Å²) in [5.74, 6) is -0.0348. The summed E-state index contributed by atoms with van der Waals surface area (Å²) in [6, 6.07) is 3.24. The lowest BCUT2D eigenvalue weighted by Gasteiger charge is -2.26. The number of para-hydroxylation sites is 1. The minimum absolute atomic E-state index is 0.0174. The second kappa shape index (κ2) is 5.44. The molecular formula is C12H13ClF3NO2S. The van der Waals surface area contributed by atoms with Crippen LogP contribution in [0.2, 0.25) is 5.02 Å². The molecular weight excluding hydrogens is 315 g/mol. The van der Waals surface area contributed by atoms with Crippen LogP contribution in [-0.2, 0) is 16.0 Å². The zero-order valence-electron chi connectivity index (χ0n) is 10.4. The Bertz CT molecular complexity index is 587. The molecule has 8 heteroatoms. The topological polar surface area (TPSA) is 46.2 Å². The van der Waals surface area contributed by atoms with E-state index in [0.29, 0.717) is 0 Å². The monoisotopic (exact) mass is 327 g/mol. The number of anilines is 1. The number of alkyl halides is 3. The standard InChI is InChI=1S/C12H13ClF3NO2S/c13-10-3-1-2-9(12(14,15)16)11(10)17-8-4-6-20(18,19)7-5-8/h1-3,8,17H,4-7H2. The molecule has 0 bridgehead atoms. The van der Waals surface area contributed by atoms with Crippen molar-refractivity contribution in [2.45, 2.75) is 25.1 Å². The van der Waals surface area contributed by atoms with Gasteiger partial charge in [-0.1, -0.05) is 17.7 Å². The summed E-state index contributed by atoms with van der Waals surface area (Å²) < 4.78 is 61.3. The molecule has 1 aromatic carbocycles. The first kappa shape index (κ1) is 15.4. The van der Waals surface area contributed by atoms with Crippen molar-refractivity contribution >= 4 is 27.1 Å². The predicted octanol–water partition coefficient (Wildman–Crippen LogP) is 3.35. The Morgan fingerprint density at radius 3 is 2.35 bits per heavy atom. The van der Waals surface area contributed by atoms with Gasteiger partial charge in [0.1, 0.15) is 9.84 Å². The SMILES string of the molecule is O=S1(=O)CCC(Nc2c(Cl)cccc2C(F)(F)F)CC1. The van der Waals surface area contributed by atoms with Crippen molar-refractivity contribution in [2.24, 2.45) is 0 Å². The van der Waals surface area contributed by atoms with Gasteiger partial charge in [0.15, 0.2) is 0 Å². The lowest BCUT2D eigenvalue weighted by molar-refractivity contribution is -0.137. The van der Waals surface area contributed by atoms with Gasteiger partial charge in [0, 0.05) is 6.04 Å². The number of halogens is 4. The highest BCUT2D eigenvalue weighted by Gasteiger charge is 2.35. The van der Waals surface area contributed by atoms with Gasteiger partial charge >= 0.3 is 6.18 Å². The maximum absolute atomic E-state index is 12.9. The molecule has 20 heavy (non-hydrogen) atoms. The van der Waals surface area contributed by atoms with Crippen molar-refractivity contribution in [1.29, 1.82) is 0 Å². The van der Waals surface area contributed by atoms with Crippen LogP contribution in [0.1, 0.15) is 18.4 Å². The van der Waals surface area contributed by atoms with Crippen molar-refractivity contribution in [1.82, 2.24) is 0 Å². The first-order valence-corrected chi connectivity index (χ1v) is 8.22. The molecule has 2 rings (SSSR count). The van der Waals surface area contributed by atoms with Crippen LogP contribution in [0.4, 0.5) is 18.9 Å². The van der Waals surface area contributed by atoms with Gasteiger partial charge in [0.25, 0.3) is 0 Å². The highest BCUT2D eigenvalue weighted by atomic mass is 35.5. The normalized spacial score (nSPS) is 19.8. The van der Waals surface area contributed by atoms with E-state index in [1.54, 1.807) is 0 Å². The molecule has 0 spiro atoms. The van der Waals surface area contributed by atoms with E-state index in [2.05, 4.69) is 5.32 Å². The van der Waals surface area contributed by atoms with Gasteiger partial charge in [-0.25, -0.2) is 8.42 Å². The summed E-state index contributed by atoms with van der Waals surface area (Å²) in [7, 11) is -3.05. The van der Waals surface area contributed by atoms with Crippen molar-refractivity contribution < 1.29 is 21.6 Å². The number of sulfone groups is 1. The molecule has 1 saturated heterocycles. The number of benzene rings is 1. The fourth-order valence-corrected chi connectivity index (χ4v) is 3.87. The molecule has 1 aromatic rings. The molecule has 1 aliphatic rings. The van der Waals surface area contributed by atoms with Crippen LogP contribution in [0, 0.1) is 0 Å². The first-order valence-electron chi connectivity index (χ1n) is 6.02. The Kier molecular flexibility index (Phi) is 4.20. The molecule has 0 aromatic heterocycles. The molecule has 112 valence electrons. The molecule has 1 N–H and O–H groups in total. The van der Waals surface area contributed by atoms with Crippen LogP contribution in [0.5, 0.6) is 0 Å². The minimum Gasteiger partial charge on any atom is -0.381 e. The third kappa shape index (κ3) is 3.58. The van der Waals surface area contributed by atoms with Gasteiger partial charge in [-0.05, 0) is 25.0 Å². The summed E-state index contributed by atoms with van der Waals surface area (Å²) in [5, 5.41) is 2.73. The second-order valence-corrected chi connectivity index (χ2v) is 7.44. The van der Waals surface area contributed by atoms with Gasteiger partial charge in [0.05, 0.1) is 27.8 Å². The van der Waals surface area contributed by atoms with Crippen molar-refractivity contribution in [3.63, 3.8) is 0 Å². The molecule has 0 unspecified atom stereocenters. The summed E-state index contributed by atoms with van der Waals surface area (Å²) in [5.41, 5.74) is -1.01. The van der Waals surface area contributed by atoms with E-state index in [-0.39, 0.29) is 41.1 Å². The summed E-state index contributed by atoms with van der Waals surface area (Å²) >= 11 is 5.83. The highest BCUT2D eigenvalue weighted by molar-refractivity contribution is 7.91. The van der Waals surface area contributed by atoms with Crippen LogP contribution < -0.4 is 5.32 Å². The quantitative estimate of drug-likeness (QED) is 0.906. The Hall–Kier alpha value is -0.950. The molecule has 0 amide bonds. The summed E-state index contributed by atoms with van der Waals surface area (Å²) in [6.45, 7) is 0. The number of rotatable bonds is 2. The molecule has 0 saturated carbocycles. The lowest BCUT2D eigenvalue weighted by Crippen LogP contribution is -2.32. The van der Waals surface area contributed by atoms with Gasteiger partial charge in [-0.2, -0.15) is 13.2 Å². The summed E-state index contributed by atoms with van der Waals surface area (Å²) in [4.78, 5) is 0. The van der Waals surface area contributed by atoms with Crippen molar-refractivity contribution in [3.05, 3.63) is 28.8 Å². The van der Waals surface area contributed by atoms with E-state index in [1.165, 1.54) is 12.1 Å². The predicted molar refractivity (Wildman–Crippen MR) is 71.8 cm³/mol. The number of hydrogen-bond acceptors (Lipinski definition) is 3. The van der Waals surface area contributed by atoms with Gasteiger partial charge in [-0.3, -0.25) is 0 Å². The van der Waals surface area contributed by atoms with E-state index in [9.17, 15) is 21.6 Å². The Morgan fingerprint density at radius 2 is 1.80 bits per heavy atom. The zero-order valence-corrected chi connectivity index (χ0v) is 11.9. The first-order chi connectivity index (χ1) is 9.19. The highest BCUT2D eigenvalue weighted by Crippen LogP contribution is 2.39. The Balaban J connectivity index is 2.22. The van der Waals surface area contributed by atoms with E-state index < -0.39 is 21.6 Å².